The number of hydrogen-bond acceptors (Lipinski definition) is 2. The van der Waals surface area contributed by atoms with Gasteiger partial charge in [-0.3, -0.25) is 4.79 Å². The molecule has 2 aromatic carbocycles. The molecule has 1 amide bonds. The first kappa shape index (κ1) is 16.6. The van der Waals surface area contributed by atoms with E-state index in [1.807, 2.05) is 36.9 Å². The molecule has 0 radical (unpaired) electrons. The van der Waals surface area contributed by atoms with Gasteiger partial charge < -0.3 is 9.64 Å². The van der Waals surface area contributed by atoms with Crippen molar-refractivity contribution in [2.24, 2.45) is 0 Å². The second kappa shape index (κ2) is 7.52. The molecular weight excluding hydrogens is 298 g/mol. The predicted molar refractivity (Wildman–Crippen MR) is 96.3 cm³/mol. The number of ether oxygens (including phenoxy) is 1. The molecule has 3 heteroatoms. The van der Waals surface area contributed by atoms with Gasteiger partial charge in [0.05, 0.1) is 0 Å². The van der Waals surface area contributed by atoms with Gasteiger partial charge in [-0.2, -0.15) is 0 Å². The average molecular weight is 323 g/mol. The summed E-state index contributed by atoms with van der Waals surface area (Å²) in [5, 5.41) is 0. The van der Waals surface area contributed by atoms with E-state index >= 15 is 0 Å². The molecular formula is C21H25NO2. The minimum Gasteiger partial charge on any atom is -0.483 e. The highest BCUT2D eigenvalue weighted by molar-refractivity contribution is 5.78. The maximum absolute atomic E-state index is 12.6. The fourth-order valence-corrected chi connectivity index (χ4v) is 3.35. The lowest BCUT2D eigenvalue weighted by Crippen LogP contribution is -2.39. The summed E-state index contributed by atoms with van der Waals surface area (Å²) in [5.41, 5.74) is 3.50. The van der Waals surface area contributed by atoms with Crippen LogP contribution in [-0.2, 0) is 11.2 Å². The van der Waals surface area contributed by atoms with Crippen molar-refractivity contribution in [3.05, 3.63) is 65.2 Å². The molecule has 1 aliphatic rings. The first-order chi connectivity index (χ1) is 11.6. The summed E-state index contributed by atoms with van der Waals surface area (Å²) < 4.78 is 5.80. The minimum atomic E-state index is 0.0920. The zero-order valence-electron chi connectivity index (χ0n) is 14.5. The van der Waals surface area contributed by atoms with Gasteiger partial charge in [-0.1, -0.05) is 42.5 Å². The third kappa shape index (κ3) is 3.97. The number of carbonyl (C=O) groups is 1. The van der Waals surface area contributed by atoms with Crippen LogP contribution < -0.4 is 4.74 Å². The standard InChI is InChI=1S/C21H25NO2/c1-16-10-11-17(2)20(13-16)24-15-21(23)22-12-6-9-19(22)14-18-7-4-3-5-8-18/h3-5,7-8,10-11,13,19H,6,9,12,14-15H2,1-2H3. The molecule has 126 valence electrons. The third-order valence-corrected chi connectivity index (χ3v) is 4.71. The molecule has 1 atom stereocenters. The van der Waals surface area contributed by atoms with E-state index in [1.54, 1.807) is 0 Å². The highest BCUT2D eigenvalue weighted by Crippen LogP contribution is 2.23. The van der Waals surface area contributed by atoms with Gasteiger partial charge in [-0.15, -0.1) is 0 Å². The third-order valence-electron chi connectivity index (χ3n) is 4.71. The summed E-state index contributed by atoms with van der Waals surface area (Å²) in [4.78, 5) is 14.6. The van der Waals surface area contributed by atoms with Crippen LogP contribution in [0.2, 0.25) is 0 Å². The van der Waals surface area contributed by atoms with E-state index in [0.717, 1.165) is 42.7 Å². The van der Waals surface area contributed by atoms with E-state index < -0.39 is 0 Å². The maximum Gasteiger partial charge on any atom is 0.260 e. The Labute approximate surface area is 144 Å². The van der Waals surface area contributed by atoms with Crippen LogP contribution in [0.4, 0.5) is 0 Å². The lowest BCUT2D eigenvalue weighted by atomic mass is 10.0. The number of aryl methyl sites for hydroxylation is 2. The van der Waals surface area contributed by atoms with Crippen LogP contribution >= 0.6 is 0 Å². The zero-order valence-corrected chi connectivity index (χ0v) is 14.5. The number of carbonyl (C=O) groups excluding carboxylic acids is 1. The van der Waals surface area contributed by atoms with Crippen molar-refractivity contribution in [3.8, 4) is 5.75 Å². The Morgan fingerprint density at radius 2 is 1.96 bits per heavy atom. The van der Waals surface area contributed by atoms with Gasteiger partial charge in [0.1, 0.15) is 5.75 Å². The van der Waals surface area contributed by atoms with Gasteiger partial charge in [0.15, 0.2) is 6.61 Å². The molecule has 1 unspecified atom stereocenters. The van der Waals surface area contributed by atoms with Crippen molar-refractivity contribution in [1.29, 1.82) is 0 Å². The Balaban J connectivity index is 1.60. The number of likely N-dealkylation sites (tertiary alicyclic amines) is 1. The molecule has 3 rings (SSSR count). The van der Waals surface area contributed by atoms with Crippen LogP contribution in [0.3, 0.4) is 0 Å². The molecule has 0 saturated carbocycles. The van der Waals surface area contributed by atoms with Gasteiger partial charge in [-0.25, -0.2) is 0 Å². The Morgan fingerprint density at radius 3 is 2.75 bits per heavy atom. The summed E-state index contributed by atoms with van der Waals surface area (Å²) >= 11 is 0. The van der Waals surface area contributed by atoms with E-state index in [4.69, 9.17) is 4.74 Å². The Morgan fingerprint density at radius 1 is 1.17 bits per heavy atom. The lowest BCUT2D eigenvalue weighted by molar-refractivity contribution is -0.134. The smallest absolute Gasteiger partial charge is 0.260 e. The van der Waals surface area contributed by atoms with Crippen LogP contribution in [0.25, 0.3) is 0 Å². The molecule has 0 aromatic heterocycles. The number of rotatable bonds is 5. The van der Waals surface area contributed by atoms with E-state index in [0.29, 0.717) is 6.04 Å². The largest absolute Gasteiger partial charge is 0.483 e. The molecule has 1 saturated heterocycles. The van der Waals surface area contributed by atoms with Gasteiger partial charge in [0.2, 0.25) is 0 Å². The molecule has 24 heavy (non-hydrogen) atoms. The first-order valence-corrected chi connectivity index (χ1v) is 8.67. The van der Waals surface area contributed by atoms with Gasteiger partial charge in [0.25, 0.3) is 5.91 Å². The molecule has 1 aliphatic heterocycles. The quantitative estimate of drug-likeness (QED) is 0.835. The Hall–Kier alpha value is -2.29. The van der Waals surface area contributed by atoms with Crippen LogP contribution in [0, 0.1) is 13.8 Å². The Kier molecular flexibility index (Phi) is 5.19. The average Bonchev–Trinajstić information content (AvgIpc) is 3.04. The molecule has 0 aliphatic carbocycles. The van der Waals surface area contributed by atoms with Crippen molar-refractivity contribution >= 4 is 5.91 Å². The maximum atomic E-state index is 12.6. The zero-order chi connectivity index (χ0) is 16.9. The van der Waals surface area contributed by atoms with Crippen molar-refractivity contribution < 1.29 is 9.53 Å². The lowest BCUT2D eigenvalue weighted by Gasteiger charge is -2.25. The molecule has 1 fully saturated rings. The highest BCUT2D eigenvalue weighted by atomic mass is 16.5. The molecule has 0 spiro atoms. The predicted octanol–water partition coefficient (Wildman–Crippen LogP) is 3.92. The molecule has 1 heterocycles. The summed E-state index contributed by atoms with van der Waals surface area (Å²) in [6.45, 7) is 5.00. The number of amides is 1. The SMILES string of the molecule is Cc1ccc(C)c(OCC(=O)N2CCCC2Cc2ccccc2)c1. The van der Waals surface area contributed by atoms with E-state index in [2.05, 4.69) is 30.3 Å². The number of benzene rings is 2. The van der Waals surface area contributed by atoms with Crippen LogP contribution in [0.5, 0.6) is 5.75 Å². The number of nitrogens with zero attached hydrogens (tertiary/aromatic N) is 1. The molecule has 0 N–H and O–H groups in total. The van der Waals surface area contributed by atoms with Gasteiger partial charge in [0, 0.05) is 12.6 Å². The van der Waals surface area contributed by atoms with Crippen molar-refractivity contribution in [1.82, 2.24) is 4.90 Å². The van der Waals surface area contributed by atoms with Crippen LogP contribution in [0.1, 0.15) is 29.5 Å². The summed E-state index contributed by atoms with van der Waals surface area (Å²) in [5.74, 6) is 0.900. The van der Waals surface area contributed by atoms with E-state index in [1.165, 1.54) is 5.56 Å². The van der Waals surface area contributed by atoms with Crippen LogP contribution in [-0.4, -0.2) is 30.0 Å². The fourth-order valence-electron chi connectivity index (χ4n) is 3.35. The van der Waals surface area contributed by atoms with Crippen molar-refractivity contribution in [2.75, 3.05) is 13.2 Å². The van der Waals surface area contributed by atoms with Crippen molar-refractivity contribution in [3.63, 3.8) is 0 Å². The van der Waals surface area contributed by atoms with Gasteiger partial charge >= 0.3 is 0 Å². The van der Waals surface area contributed by atoms with E-state index in [9.17, 15) is 4.79 Å². The Bertz CT molecular complexity index is 696. The highest BCUT2D eigenvalue weighted by Gasteiger charge is 2.28. The number of hydrogen-bond donors (Lipinski definition) is 0. The second-order valence-corrected chi connectivity index (χ2v) is 6.63. The minimum absolute atomic E-state index is 0.0920. The topological polar surface area (TPSA) is 29.5 Å². The second-order valence-electron chi connectivity index (χ2n) is 6.63. The van der Waals surface area contributed by atoms with E-state index in [-0.39, 0.29) is 12.5 Å². The monoisotopic (exact) mass is 323 g/mol. The van der Waals surface area contributed by atoms with Gasteiger partial charge in [-0.05, 0) is 55.9 Å². The molecule has 0 bridgehead atoms. The summed E-state index contributed by atoms with van der Waals surface area (Å²) in [6, 6.07) is 16.8. The van der Waals surface area contributed by atoms with Crippen molar-refractivity contribution in [2.45, 2.75) is 39.2 Å². The van der Waals surface area contributed by atoms with Crippen LogP contribution in [0.15, 0.2) is 48.5 Å². The molecule has 2 aromatic rings. The fraction of sp³-hybridized carbons (Fsp3) is 0.381. The normalized spacial score (nSPS) is 17.1. The summed E-state index contributed by atoms with van der Waals surface area (Å²) in [7, 11) is 0. The first-order valence-electron chi connectivity index (χ1n) is 8.67. The summed E-state index contributed by atoms with van der Waals surface area (Å²) in [6.07, 6.45) is 3.08. The molecule has 3 nitrogen and oxygen atoms in total.